The van der Waals surface area contributed by atoms with Crippen molar-refractivity contribution < 1.29 is 4.79 Å². The van der Waals surface area contributed by atoms with Gasteiger partial charge in [-0.1, -0.05) is 48.2 Å². The molecule has 0 unspecified atom stereocenters. The zero-order valence-electron chi connectivity index (χ0n) is 15.1. The molecule has 136 valence electrons. The Morgan fingerprint density at radius 2 is 2.04 bits per heavy atom. The number of aromatic nitrogens is 1. The average molecular weight is 394 g/mol. The van der Waals surface area contributed by atoms with Crippen LogP contribution in [-0.2, 0) is 4.79 Å². The van der Waals surface area contributed by atoms with E-state index in [1.165, 1.54) is 11.8 Å². The fraction of sp³-hybridized carbons (Fsp3) is 0.190. The molecule has 0 saturated heterocycles. The Balaban J connectivity index is 2.04. The molecular weight excluding hydrogens is 374 g/mol. The van der Waals surface area contributed by atoms with Gasteiger partial charge in [-0.25, -0.2) is 4.98 Å². The van der Waals surface area contributed by atoms with E-state index in [2.05, 4.69) is 11.4 Å². The highest BCUT2D eigenvalue weighted by Gasteiger charge is 2.17. The molecule has 0 radical (unpaired) electrons. The van der Waals surface area contributed by atoms with E-state index in [1.807, 2.05) is 67.8 Å². The summed E-state index contributed by atoms with van der Waals surface area (Å²) in [4.78, 5) is 17.8. The number of carbonyl (C=O) groups is 1. The van der Waals surface area contributed by atoms with Gasteiger partial charge in [0, 0.05) is 22.0 Å². The normalized spacial score (nSPS) is 10.6. The Morgan fingerprint density at radius 3 is 2.67 bits per heavy atom. The van der Waals surface area contributed by atoms with Gasteiger partial charge in [0.2, 0.25) is 5.91 Å². The molecule has 27 heavy (non-hydrogen) atoms. The molecule has 1 N–H and O–H groups in total. The number of benzene rings is 1. The monoisotopic (exact) mass is 393 g/mol. The second kappa shape index (κ2) is 8.85. The van der Waals surface area contributed by atoms with Crippen LogP contribution in [0.4, 0.5) is 0 Å². The van der Waals surface area contributed by atoms with E-state index in [0.717, 1.165) is 21.7 Å². The Hall–Kier alpha value is -2.62. The number of thioether (sulfide) groups is 1. The van der Waals surface area contributed by atoms with Crippen LogP contribution >= 0.6 is 23.1 Å². The molecule has 0 fully saturated rings. The van der Waals surface area contributed by atoms with Crippen molar-refractivity contribution in [2.45, 2.75) is 24.9 Å². The fourth-order valence-corrected chi connectivity index (χ4v) is 4.18. The van der Waals surface area contributed by atoms with Crippen LogP contribution in [0, 0.1) is 11.3 Å². The second-order valence-electron chi connectivity index (χ2n) is 6.20. The average Bonchev–Trinajstić information content (AvgIpc) is 3.20. The Bertz CT molecular complexity index is 961. The first-order chi connectivity index (χ1) is 13.1. The third-order valence-corrected chi connectivity index (χ3v) is 5.62. The predicted octanol–water partition coefficient (Wildman–Crippen LogP) is 4.97. The molecule has 0 saturated carbocycles. The summed E-state index contributed by atoms with van der Waals surface area (Å²) >= 11 is 2.88. The van der Waals surface area contributed by atoms with Gasteiger partial charge < -0.3 is 5.32 Å². The zero-order chi connectivity index (χ0) is 19.2. The van der Waals surface area contributed by atoms with Crippen LogP contribution in [0.2, 0.25) is 0 Å². The standard InChI is InChI=1S/C21H19N3OS2/c1-14(2)23-20(25)13-27-21-17(12-22)16(19-9-6-10-26-19)11-18(24-21)15-7-4-3-5-8-15/h3-11,14H,13H2,1-2H3,(H,23,25). The topological polar surface area (TPSA) is 65.8 Å². The van der Waals surface area contributed by atoms with Gasteiger partial charge in [0.15, 0.2) is 0 Å². The summed E-state index contributed by atoms with van der Waals surface area (Å²) in [5, 5.41) is 15.2. The number of rotatable bonds is 6. The van der Waals surface area contributed by atoms with Gasteiger partial charge in [-0.15, -0.1) is 11.3 Å². The van der Waals surface area contributed by atoms with Crippen molar-refractivity contribution in [3.63, 3.8) is 0 Å². The van der Waals surface area contributed by atoms with Crippen molar-refractivity contribution in [1.29, 1.82) is 5.26 Å². The van der Waals surface area contributed by atoms with Gasteiger partial charge in [0.1, 0.15) is 11.1 Å². The van der Waals surface area contributed by atoms with Crippen LogP contribution < -0.4 is 5.32 Å². The predicted molar refractivity (Wildman–Crippen MR) is 112 cm³/mol. The highest BCUT2D eigenvalue weighted by atomic mass is 32.2. The zero-order valence-corrected chi connectivity index (χ0v) is 16.7. The number of amides is 1. The minimum absolute atomic E-state index is 0.0662. The van der Waals surface area contributed by atoms with E-state index in [9.17, 15) is 10.1 Å². The largest absolute Gasteiger partial charge is 0.353 e. The number of carbonyl (C=O) groups excluding carboxylic acids is 1. The van der Waals surface area contributed by atoms with Crippen LogP contribution in [-0.4, -0.2) is 22.7 Å². The number of nitrogens with zero attached hydrogens (tertiary/aromatic N) is 2. The summed E-state index contributed by atoms with van der Waals surface area (Å²) in [6, 6.07) is 18.2. The maximum absolute atomic E-state index is 12.1. The van der Waals surface area contributed by atoms with Gasteiger partial charge >= 0.3 is 0 Å². The van der Waals surface area contributed by atoms with Gasteiger partial charge in [-0.3, -0.25) is 4.79 Å². The van der Waals surface area contributed by atoms with Gasteiger partial charge in [-0.2, -0.15) is 5.26 Å². The minimum atomic E-state index is -0.0662. The highest BCUT2D eigenvalue weighted by molar-refractivity contribution is 8.00. The second-order valence-corrected chi connectivity index (χ2v) is 8.11. The molecule has 0 aliphatic rings. The first-order valence-corrected chi connectivity index (χ1v) is 10.4. The van der Waals surface area contributed by atoms with Crippen LogP contribution in [0.3, 0.4) is 0 Å². The molecule has 1 aromatic carbocycles. The summed E-state index contributed by atoms with van der Waals surface area (Å²) in [7, 11) is 0. The van der Waals surface area contributed by atoms with Crippen molar-refractivity contribution >= 4 is 29.0 Å². The minimum Gasteiger partial charge on any atom is -0.353 e. The van der Waals surface area contributed by atoms with Crippen LogP contribution in [0.5, 0.6) is 0 Å². The summed E-state index contributed by atoms with van der Waals surface area (Å²) in [6.07, 6.45) is 0. The SMILES string of the molecule is CC(C)NC(=O)CSc1nc(-c2ccccc2)cc(-c2cccs2)c1C#N. The molecule has 6 heteroatoms. The molecule has 0 bridgehead atoms. The lowest BCUT2D eigenvalue weighted by molar-refractivity contribution is -0.119. The summed E-state index contributed by atoms with van der Waals surface area (Å²) in [6.45, 7) is 3.85. The summed E-state index contributed by atoms with van der Waals surface area (Å²) < 4.78 is 0. The lowest BCUT2D eigenvalue weighted by Gasteiger charge is -2.12. The van der Waals surface area contributed by atoms with Crippen molar-refractivity contribution in [2.75, 3.05) is 5.75 Å². The Morgan fingerprint density at radius 1 is 1.26 bits per heavy atom. The van der Waals surface area contributed by atoms with Crippen molar-refractivity contribution in [3.8, 4) is 27.8 Å². The molecule has 0 atom stereocenters. The smallest absolute Gasteiger partial charge is 0.230 e. The highest BCUT2D eigenvalue weighted by Crippen LogP contribution is 2.36. The summed E-state index contributed by atoms with van der Waals surface area (Å²) in [5.74, 6) is 0.158. The van der Waals surface area contributed by atoms with E-state index >= 15 is 0 Å². The fourth-order valence-electron chi connectivity index (χ4n) is 2.61. The molecule has 0 spiro atoms. The van der Waals surface area contributed by atoms with E-state index in [0.29, 0.717) is 10.6 Å². The molecule has 2 heterocycles. The van der Waals surface area contributed by atoms with Crippen LogP contribution in [0.15, 0.2) is 58.9 Å². The Kier molecular flexibility index (Phi) is 6.28. The van der Waals surface area contributed by atoms with Gasteiger partial charge in [0.05, 0.1) is 17.0 Å². The molecule has 0 aliphatic heterocycles. The first-order valence-electron chi connectivity index (χ1n) is 8.55. The maximum atomic E-state index is 12.1. The van der Waals surface area contributed by atoms with E-state index in [1.54, 1.807) is 11.3 Å². The van der Waals surface area contributed by atoms with E-state index < -0.39 is 0 Å². The van der Waals surface area contributed by atoms with E-state index in [-0.39, 0.29) is 17.7 Å². The first kappa shape index (κ1) is 19.2. The van der Waals surface area contributed by atoms with Crippen molar-refractivity contribution in [2.24, 2.45) is 0 Å². The summed E-state index contributed by atoms with van der Waals surface area (Å²) in [5.41, 5.74) is 3.14. The molecular formula is C21H19N3OS2. The third kappa shape index (κ3) is 4.76. The number of nitrogens with one attached hydrogen (secondary N) is 1. The third-order valence-electron chi connectivity index (χ3n) is 3.74. The Labute approximate surface area is 167 Å². The van der Waals surface area contributed by atoms with Gasteiger partial charge in [-0.05, 0) is 31.4 Å². The lowest BCUT2D eigenvalue weighted by Crippen LogP contribution is -2.31. The molecule has 3 rings (SSSR count). The van der Waals surface area contributed by atoms with Crippen LogP contribution in [0.1, 0.15) is 19.4 Å². The number of hydrogen-bond acceptors (Lipinski definition) is 5. The molecule has 4 nitrogen and oxygen atoms in total. The molecule has 0 aliphatic carbocycles. The number of pyridine rings is 1. The number of thiophene rings is 1. The maximum Gasteiger partial charge on any atom is 0.230 e. The van der Waals surface area contributed by atoms with E-state index in [4.69, 9.17) is 4.98 Å². The quantitative estimate of drug-likeness (QED) is 0.601. The van der Waals surface area contributed by atoms with Gasteiger partial charge in [0.25, 0.3) is 0 Å². The van der Waals surface area contributed by atoms with Crippen molar-refractivity contribution in [1.82, 2.24) is 10.3 Å². The molecule has 2 aromatic heterocycles. The van der Waals surface area contributed by atoms with Crippen molar-refractivity contribution in [3.05, 3.63) is 59.5 Å². The molecule has 3 aromatic rings. The lowest BCUT2D eigenvalue weighted by atomic mass is 10.0. The van der Waals surface area contributed by atoms with Crippen LogP contribution in [0.25, 0.3) is 21.7 Å². The number of nitriles is 1. The molecule has 1 amide bonds. The number of hydrogen-bond donors (Lipinski definition) is 1.